The van der Waals surface area contributed by atoms with Crippen LogP contribution >= 0.6 is 0 Å². The van der Waals surface area contributed by atoms with E-state index in [9.17, 15) is 19.2 Å². The van der Waals surface area contributed by atoms with E-state index in [1.54, 1.807) is 0 Å². The molecule has 4 aromatic carbocycles. The van der Waals surface area contributed by atoms with E-state index in [-0.39, 0.29) is 47.8 Å². The van der Waals surface area contributed by atoms with Crippen molar-refractivity contribution in [2.75, 3.05) is 14.2 Å². The number of rotatable bonds is 11. The minimum atomic E-state index is -0.683. The Labute approximate surface area is 390 Å². The summed E-state index contributed by atoms with van der Waals surface area (Å²) in [5.74, 6) is 1.93. The second kappa shape index (κ2) is 17.5. The Morgan fingerprint density at radius 3 is 1.55 bits per heavy atom. The predicted molar refractivity (Wildman–Crippen MR) is 256 cm³/mol. The van der Waals surface area contributed by atoms with Crippen molar-refractivity contribution < 1.29 is 28.7 Å². The number of nitrogens with one attached hydrogen (secondary N) is 3. The fourth-order valence-electron chi connectivity index (χ4n) is 11.7. The highest BCUT2D eigenvalue weighted by Crippen LogP contribution is 2.52. The summed E-state index contributed by atoms with van der Waals surface area (Å²) in [6.07, 6.45) is 4.67. The molecule has 4 bridgehead atoms. The first-order valence-electron chi connectivity index (χ1n) is 23.8. The van der Waals surface area contributed by atoms with E-state index in [1.807, 2.05) is 50.6 Å². The van der Waals surface area contributed by atoms with Crippen LogP contribution in [0.2, 0.25) is 0 Å². The molecule has 3 N–H and O–H groups in total. The van der Waals surface area contributed by atoms with Crippen LogP contribution in [0.25, 0.3) is 55.4 Å². The quantitative estimate of drug-likeness (QED) is 0.116. The number of aryl methyl sites for hydroxylation is 1. The molecule has 10 rings (SSSR count). The van der Waals surface area contributed by atoms with Crippen molar-refractivity contribution in [3.05, 3.63) is 96.6 Å². The van der Waals surface area contributed by atoms with Crippen molar-refractivity contribution in [1.29, 1.82) is 0 Å². The monoisotopic (exact) mass is 904 g/mol. The normalized spacial score (nSPS) is 22.8. The fourth-order valence-corrected chi connectivity index (χ4v) is 11.7. The first kappa shape index (κ1) is 44.2. The molecular formula is C53H60N8O6. The van der Waals surface area contributed by atoms with Gasteiger partial charge in [0.1, 0.15) is 23.7 Å². The number of alkyl carbamates (subject to hydrolysis) is 2. The Morgan fingerprint density at radius 2 is 1.04 bits per heavy atom. The average Bonchev–Trinajstić information content (AvgIpc) is 4.22. The molecule has 348 valence electrons. The number of likely N-dealkylation sites (tertiary alicyclic amines) is 2. The van der Waals surface area contributed by atoms with Crippen molar-refractivity contribution in [3.8, 4) is 33.4 Å². The second-order valence-electron chi connectivity index (χ2n) is 19.8. The summed E-state index contributed by atoms with van der Waals surface area (Å²) in [5.41, 5.74) is 10.2. The number of piperidine rings is 2. The Morgan fingerprint density at radius 1 is 0.597 bits per heavy atom. The summed E-state index contributed by atoms with van der Waals surface area (Å²) in [5, 5.41) is 5.57. The predicted octanol–water partition coefficient (Wildman–Crippen LogP) is 9.32. The maximum absolute atomic E-state index is 14.2. The molecule has 2 saturated carbocycles. The molecule has 0 radical (unpaired) electrons. The van der Waals surface area contributed by atoms with Crippen LogP contribution in [0.3, 0.4) is 0 Å². The van der Waals surface area contributed by atoms with Crippen molar-refractivity contribution >= 4 is 46.1 Å². The zero-order valence-corrected chi connectivity index (χ0v) is 39.3. The van der Waals surface area contributed by atoms with Crippen LogP contribution in [0.1, 0.15) is 90.0 Å². The zero-order valence-electron chi connectivity index (χ0n) is 39.3. The van der Waals surface area contributed by atoms with Gasteiger partial charge in [-0.3, -0.25) is 9.59 Å². The molecule has 4 amide bonds. The van der Waals surface area contributed by atoms with Gasteiger partial charge in [-0.2, -0.15) is 0 Å². The number of benzene rings is 4. The summed E-state index contributed by atoms with van der Waals surface area (Å²) < 4.78 is 11.9. The number of H-pyrrole nitrogens is 1. The van der Waals surface area contributed by atoms with Crippen molar-refractivity contribution in [3.63, 3.8) is 0 Å². The van der Waals surface area contributed by atoms with Gasteiger partial charge in [0, 0.05) is 19.1 Å². The summed E-state index contributed by atoms with van der Waals surface area (Å²) >= 11 is 0. The average molecular weight is 905 g/mol. The number of imidazole rings is 2. The molecule has 14 nitrogen and oxygen atoms in total. The van der Waals surface area contributed by atoms with Gasteiger partial charge < -0.3 is 39.5 Å². The van der Waals surface area contributed by atoms with E-state index in [1.165, 1.54) is 14.2 Å². The minimum absolute atomic E-state index is 0.0759. The maximum atomic E-state index is 14.2. The van der Waals surface area contributed by atoms with E-state index >= 15 is 0 Å². The molecule has 2 aliphatic heterocycles. The standard InChI is InChI=1S/C53H60N8O6/c1-28(2)44(57-52(64)66-6)50(62)60-38-20-16-36(24-38)46(60)48-54-40-22-18-34(26-42(40)55-48)32-12-8-30(9-13-32)31-10-14-33(15-11-31)35-19-23-41-43(27-35)59(5)49(56-41)47-37-17-21-39(25-37)61(47)51(63)45(29(3)4)58-53(65)67-7/h8-15,18-19,22-23,26-29,36-39,44-47H,16-17,20-21,24-25H2,1-7H3,(H,54,55)(H,57,64)(H,58,65)/t36-,37-,38+,39+,44-,45-,46-,47-/m0/s1. The highest BCUT2D eigenvalue weighted by Gasteiger charge is 2.53. The van der Waals surface area contributed by atoms with Crippen molar-refractivity contribution in [1.82, 2.24) is 40.0 Å². The second-order valence-corrected chi connectivity index (χ2v) is 19.8. The third kappa shape index (κ3) is 7.87. The van der Waals surface area contributed by atoms with Crippen LogP contribution in [-0.4, -0.2) is 91.7 Å². The lowest BCUT2D eigenvalue weighted by Crippen LogP contribution is -2.54. The summed E-state index contributed by atoms with van der Waals surface area (Å²) in [6.45, 7) is 7.76. The van der Waals surface area contributed by atoms with Gasteiger partial charge in [0.2, 0.25) is 11.8 Å². The lowest BCUT2D eigenvalue weighted by Gasteiger charge is -2.38. The Balaban J connectivity index is 0.848. The molecule has 67 heavy (non-hydrogen) atoms. The molecule has 0 unspecified atom stereocenters. The third-order valence-corrected chi connectivity index (χ3v) is 15.2. The molecule has 2 aliphatic carbocycles. The molecule has 2 aromatic heterocycles. The van der Waals surface area contributed by atoms with Crippen LogP contribution in [0.4, 0.5) is 9.59 Å². The molecule has 0 spiro atoms. The van der Waals surface area contributed by atoms with Gasteiger partial charge in [-0.05, 0) is 120 Å². The number of carbonyl (C=O) groups is 4. The Hall–Kier alpha value is -6.70. The van der Waals surface area contributed by atoms with Crippen molar-refractivity contribution in [2.45, 2.75) is 102 Å². The van der Waals surface area contributed by atoms with E-state index in [0.717, 1.165) is 106 Å². The maximum Gasteiger partial charge on any atom is 0.407 e. The van der Waals surface area contributed by atoms with Crippen LogP contribution < -0.4 is 10.6 Å². The molecule has 4 fully saturated rings. The highest BCUT2D eigenvalue weighted by molar-refractivity contribution is 5.89. The van der Waals surface area contributed by atoms with Gasteiger partial charge in [-0.25, -0.2) is 19.6 Å². The topological polar surface area (TPSA) is 164 Å². The number of amides is 4. The van der Waals surface area contributed by atoms with E-state index in [4.69, 9.17) is 19.4 Å². The van der Waals surface area contributed by atoms with Crippen molar-refractivity contribution in [2.24, 2.45) is 30.7 Å². The number of hydrogen-bond donors (Lipinski definition) is 3. The number of methoxy groups -OCH3 is 2. The number of carbonyl (C=O) groups excluding carboxylic acids is 4. The number of nitrogens with zero attached hydrogens (tertiary/aromatic N) is 5. The van der Waals surface area contributed by atoms with E-state index in [0.29, 0.717) is 11.8 Å². The van der Waals surface area contributed by atoms with Crippen LogP contribution in [0, 0.1) is 23.7 Å². The third-order valence-electron chi connectivity index (χ3n) is 15.2. The van der Waals surface area contributed by atoms with Crippen LogP contribution in [0.15, 0.2) is 84.9 Å². The lowest BCUT2D eigenvalue weighted by molar-refractivity contribution is -0.140. The number of aromatic amines is 1. The number of aromatic nitrogens is 4. The minimum Gasteiger partial charge on any atom is -0.453 e. The largest absolute Gasteiger partial charge is 0.453 e. The lowest BCUT2D eigenvalue weighted by atomic mass is 9.95. The SMILES string of the molecule is COC(=O)N[C@H](C(=O)N1[C@@H]2CC[C@@H](C2)[C@H]1c1nc2ccc(-c3ccc(-c4ccc(-c5ccc6nc([C@@H]7[C@H]8CC[C@H](C8)N7C(=O)[C@@H](NC(=O)OC)C(C)C)n(C)c6c5)cc4)cc3)cc2[nH]1)C(C)C. The van der Waals surface area contributed by atoms with E-state index < -0.39 is 24.3 Å². The molecule has 6 aromatic rings. The molecular weight excluding hydrogens is 845 g/mol. The fraction of sp³-hybridized carbons (Fsp3) is 0.434. The smallest absolute Gasteiger partial charge is 0.407 e. The van der Waals surface area contributed by atoms with Crippen LogP contribution in [-0.2, 0) is 26.1 Å². The molecule has 14 heteroatoms. The van der Waals surface area contributed by atoms with Gasteiger partial charge in [0.05, 0.1) is 48.4 Å². The summed E-state index contributed by atoms with van der Waals surface area (Å²) in [4.78, 5) is 70.4. The van der Waals surface area contributed by atoms with Gasteiger partial charge in [-0.15, -0.1) is 0 Å². The highest BCUT2D eigenvalue weighted by atomic mass is 16.5. The van der Waals surface area contributed by atoms with Gasteiger partial charge in [-0.1, -0.05) is 88.4 Å². The van der Waals surface area contributed by atoms with Gasteiger partial charge in [0.15, 0.2) is 0 Å². The number of fused-ring (bicyclic) bond motifs is 6. The molecule has 4 heterocycles. The van der Waals surface area contributed by atoms with Gasteiger partial charge in [0.25, 0.3) is 0 Å². The Bertz CT molecular complexity index is 2870. The number of hydrogen-bond acceptors (Lipinski definition) is 8. The zero-order chi connectivity index (χ0) is 46.8. The summed E-state index contributed by atoms with van der Waals surface area (Å²) in [7, 11) is 4.67. The molecule has 2 saturated heterocycles. The first-order chi connectivity index (χ1) is 32.3. The number of ether oxygens (including phenoxy) is 2. The summed E-state index contributed by atoms with van der Waals surface area (Å²) in [6, 6.07) is 28.4. The molecule has 8 atom stereocenters. The van der Waals surface area contributed by atoms with Crippen LogP contribution in [0.5, 0.6) is 0 Å². The Kier molecular flexibility index (Phi) is 11.5. The van der Waals surface area contributed by atoms with Gasteiger partial charge >= 0.3 is 12.2 Å². The molecule has 4 aliphatic rings. The van der Waals surface area contributed by atoms with E-state index in [2.05, 4.69) is 99.0 Å². The first-order valence-corrected chi connectivity index (χ1v) is 23.8.